The van der Waals surface area contributed by atoms with Crippen LogP contribution in [0.2, 0.25) is 0 Å². The van der Waals surface area contributed by atoms with Crippen LogP contribution >= 0.6 is 0 Å². The second-order valence-corrected chi connectivity index (χ2v) is 10.4. The van der Waals surface area contributed by atoms with Gasteiger partial charge in [-0.15, -0.1) is 0 Å². The van der Waals surface area contributed by atoms with Gasteiger partial charge in [0.15, 0.2) is 0 Å². The van der Waals surface area contributed by atoms with Crippen molar-refractivity contribution in [3.63, 3.8) is 0 Å². The molecule has 0 aliphatic heterocycles. The quantitative estimate of drug-likeness (QED) is 0.277. The van der Waals surface area contributed by atoms with Gasteiger partial charge < -0.3 is 21.3 Å². The Labute approximate surface area is 217 Å². The van der Waals surface area contributed by atoms with Gasteiger partial charge in [0.05, 0.1) is 0 Å². The van der Waals surface area contributed by atoms with Crippen LogP contribution < -0.4 is 21.3 Å². The van der Waals surface area contributed by atoms with E-state index in [4.69, 9.17) is 0 Å². The van der Waals surface area contributed by atoms with Crippen LogP contribution in [-0.2, 0) is 0 Å². The highest BCUT2D eigenvalue weighted by Gasteiger charge is 2.23. The molecule has 2 aromatic rings. The van der Waals surface area contributed by atoms with Gasteiger partial charge in [-0.2, -0.15) is 0 Å². The molecule has 6 nitrogen and oxygen atoms in total. The normalized spacial score (nSPS) is 19.1. The third-order valence-electron chi connectivity index (χ3n) is 7.69. The van der Waals surface area contributed by atoms with E-state index in [1.165, 1.54) is 11.1 Å². The van der Waals surface area contributed by atoms with Crippen LogP contribution in [0.5, 0.6) is 0 Å². The third-order valence-corrected chi connectivity index (χ3v) is 7.69. The molecule has 4 atom stereocenters. The van der Waals surface area contributed by atoms with Gasteiger partial charge in [-0.05, 0) is 91.2 Å². The first-order valence-corrected chi connectivity index (χ1v) is 13.7. The van der Waals surface area contributed by atoms with Crippen LogP contribution in [0.15, 0.2) is 48.5 Å². The molecule has 1 fully saturated rings. The van der Waals surface area contributed by atoms with Crippen molar-refractivity contribution in [2.75, 3.05) is 23.7 Å². The highest BCUT2D eigenvalue weighted by Crippen LogP contribution is 2.28. The molecule has 0 bridgehead atoms. The summed E-state index contributed by atoms with van der Waals surface area (Å²) >= 11 is 0. The predicted molar refractivity (Wildman–Crippen MR) is 150 cm³/mol. The van der Waals surface area contributed by atoms with Gasteiger partial charge in [0.1, 0.15) is 0 Å². The molecule has 0 spiro atoms. The van der Waals surface area contributed by atoms with Gasteiger partial charge >= 0.3 is 12.1 Å². The number of amides is 4. The van der Waals surface area contributed by atoms with E-state index >= 15 is 0 Å². The van der Waals surface area contributed by atoms with Crippen molar-refractivity contribution in [1.82, 2.24) is 10.6 Å². The van der Waals surface area contributed by atoms with E-state index < -0.39 is 0 Å². The summed E-state index contributed by atoms with van der Waals surface area (Å²) in [5.74, 6) is 1.91. The topological polar surface area (TPSA) is 82.3 Å². The van der Waals surface area contributed by atoms with Crippen molar-refractivity contribution in [3.8, 4) is 0 Å². The molecule has 196 valence electrons. The van der Waals surface area contributed by atoms with E-state index in [-0.39, 0.29) is 12.1 Å². The lowest BCUT2D eigenvalue weighted by Gasteiger charge is -2.29. The maximum Gasteiger partial charge on any atom is 0.319 e. The monoisotopic (exact) mass is 492 g/mol. The SMILES string of the molecule is CC[C@H](C)c1ccc(NC(=O)NC[C@H]2CCC[C@@H](CNC(=O)Nc3ccc([C@@H](C)CC)cc3)C2)cc1. The number of anilines is 2. The van der Waals surface area contributed by atoms with Crippen molar-refractivity contribution < 1.29 is 9.59 Å². The molecule has 2 aromatic carbocycles. The van der Waals surface area contributed by atoms with Crippen LogP contribution in [0.4, 0.5) is 21.0 Å². The fraction of sp³-hybridized carbons (Fsp3) is 0.533. The highest BCUT2D eigenvalue weighted by molar-refractivity contribution is 5.89. The third kappa shape index (κ3) is 8.58. The Balaban J connectivity index is 1.36. The van der Waals surface area contributed by atoms with Crippen LogP contribution in [-0.4, -0.2) is 25.2 Å². The summed E-state index contributed by atoms with van der Waals surface area (Å²) < 4.78 is 0. The predicted octanol–water partition coefficient (Wildman–Crippen LogP) is 7.46. The van der Waals surface area contributed by atoms with Crippen LogP contribution in [0, 0.1) is 11.8 Å². The molecule has 4 amide bonds. The van der Waals surface area contributed by atoms with Crippen molar-refractivity contribution in [3.05, 3.63) is 59.7 Å². The number of rotatable bonds is 10. The molecule has 0 aromatic heterocycles. The van der Waals surface area contributed by atoms with Gasteiger partial charge in [-0.25, -0.2) is 9.59 Å². The molecule has 36 heavy (non-hydrogen) atoms. The second-order valence-electron chi connectivity index (χ2n) is 10.4. The summed E-state index contributed by atoms with van der Waals surface area (Å²) in [5.41, 5.74) is 4.20. The Bertz CT molecular complexity index is 880. The average Bonchev–Trinajstić information content (AvgIpc) is 2.91. The molecule has 0 radical (unpaired) electrons. The van der Waals surface area contributed by atoms with E-state index in [0.29, 0.717) is 36.8 Å². The van der Waals surface area contributed by atoms with E-state index in [1.54, 1.807) is 0 Å². The first-order chi connectivity index (χ1) is 17.4. The molecular formula is C30H44N4O2. The van der Waals surface area contributed by atoms with E-state index in [2.05, 4.69) is 73.2 Å². The summed E-state index contributed by atoms with van der Waals surface area (Å²) in [6, 6.07) is 15.9. The van der Waals surface area contributed by atoms with Crippen LogP contribution in [0.3, 0.4) is 0 Å². The summed E-state index contributed by atoms with van der Waals surface area (Å²) in [4.78, 5) is 24.8. The zero-order valence-electron chi connectivity index (χ0n) is 22.4. The van der Waals surface area contributed by atoms with Crippen molar-refractivity contribution >= 4 is 23.4 Å². The minimum absolute atomic E-state index is 0.162. The van der Waals surface area contributed by atoms with Crippen LogP contribution in [0.25, 0.3) is 0 Å². The first-order valence-electron chi connectivity index (χ1n) is 13.7. The summed E-state index contributed by atoms with van der Waals surface area (Å²) in [6.45, 7) is 10.1. The Morgan fingerprint density at radius 1 is 0.722 bits per heavy atom. The number of hydrogen-bond acceptors (Lipinski definition) is 2. The van der Waals surface area contributed by atoms with Crippen molar-refractivity contribution in [1.29, 1.82) is 0 Å². The standard InChI is InChI=1S/C30H44N4O2/c1-5-21(3)25-10-14-27(15-11-25)33-29(35)31-19-23-8-7-9-24(18-23)20-32-30(36)34-28-16-12-26(13-17-28)22(4)6-2/h10-17,21-24H,5-9,18-20H2,1-4H3,(H2,31,33,35)(H2,32,34,36)/t21-,22-,23-,24+/m0/s1. The lowest BCUT2D eigenvalue weighted by atomic mass is 9.81. The Hall–Kier alpha value is -3.02. The van der Waals surface area contributed by atoms with Gasteiger partial charge in [0.25, 0.3) is 0 Å². The van der Waals surface area contributed by atoms with Crippen molar-refractivity contribution in [2.45, 2.75) is 78.1 Å². The fourth-order valence-electron chi connectivity index (χ4n) is 4.86. The fourth-order valence-corrected chi connectivity index (χ4v) is 4.86. The number of benzene rings is 2. The van der Waals surface area contributed by atoms with E-state index in [0.717, 1.165) is 49.9 Å². The molecule has 6 heteroatoms. The summed E-state index contributed by atoms with van der Waals surface area (Å²) in [5, 5.41) is 11.9. The maximum atomic E-state index is 12.4. The smallest absolute Gasteiger partial charge is 0.319 e. The Morgan fingerprint density at radius 3 is 1.47 bits per heavy atom. The average molecular weight is 493 g/mol. The molecule has 0 saturated heterocycles. The number of hydrogen-bond donors (Lipinski definition) is 4. The second kappa shape index (κ2) is 13.9. The molecular weight excluding hydrogens is 448 g/mol. The Kier molecular flexibility index (Phi) is 10.6. The zero-order valence-corrected chi connectivity index (χ0v) is 22.4. The van der Waals surface area contributed by atoms with E-state index in [9.17, 15) is 9.59 Å². The molecule has 1 aliphatic carbocycles. The molecule has 3 rings (SSSR count). The minimum atomic E-state index is -0.162. The summed E-state index contributed by atoms with van der Waals surface area (Å²) in [7, 11) is 0. The number of nitrogens with one attached hydrogen (secondary N) is 4. The minimum Gasteiger partial charge on any atom is -0.338 e. The molecule has 0 unspecified atom stereocenters. The van der Waals surface area contributed by atoms with Gasteiger partial charge in [-0.1, -0.05) is 58.4 Å². The highest BCUT2D eigenvalue weighted by atomic mass is 16.2. The van der Waals surface area contributed by atoms with Gasteiger partial charge in [0.2, 0.25) is 0 Å². The summed E-state index contributed by atoms with van der Waals surface area (Å²) in [6.07, 6.45) is 6.54. The lowest BCUT2D eigenvalue weighted by Crippen LogP contribution is -2.38. The number of carbonyl (C=O) groups excluding carboxylic acids is 2. The molecule has 1 aliphatic rings. The van der Waals surface area contributed by atoms with E-state index in [1.807, 2.05) is 24.3 Å². The first kappa shape index (κ1) is 27.6. The maximum absolute atomic E-state index is 12.4. The molecule has 0 heterocycles. The number of urea groups is 2. The molecule has 1 saturated carbocycles. The van der Waals surface area contributed by atoms with Gasteiger partial charge in [0, 0.05) is 24.5 Å². The lowest BCUT2D eigenvalue weighted by molar-refractivity contribution is 0.230. The largest absolute Gasteiger partial charge is 0.338 e. The van der Waals surface area contributed by atoms with Crippen molar-refractivity contribution in [2.24, 2.45) is 11.8 Å². The molecule has 4 N–H and O–H groups in total. The Morgan fingerprint density at radius 2 is 1.11 bits per heavy atom. The zero-order chi connectivity index (χ0) is 25.9. The van der Waals surface area contributed by atoms with Gasteiger partial charge in [-0.3, -0.25) is 0 Å². The number of carbonyl (C=O) groups is 2. The van der Waals surface area contributed by atoms with Crippen LogP contribution in [0.1, 0.15) is 89.2 Å².